The average molecular weight is 233 g/mol. The van der Waals surface area contributed by atoms with E-state index in [0.29, 0.717) is 5.56 Å². The van der Waals surface area contributed by atoms with Crippen molar-refractivity contribution in [2.24, 2.45) is 0 Å². The van der Waals surface area contributed by atoms with E-state index in [9.17, 15) is 13.2 Å². The highest BCUT2D eigenvalue weighted by molar-refractivity contribution is 7.90. The highest BCUT2D eigenvalue weighted by Crippen LogP contribution is 2.22. The van der Waals surface area contributed by atoms with Gasteiger partial charge in [0.15, 0.2) is 9.84 Å². The molecule has 0 aromatic heterocycles. The lowest BCUT2D eigenvalue weighted by Crippen LogP contribution is -1.99. The van der Waals surface area contributed by atoms with E-state index in [1.165, 1.54) is 12.1 Å². The van der Waals surface area contributed by atoms with Crippen molar-refractivity contribution < 1.29 is 13.2 Å². The van der Waals surface area contributed by atoms with Gasteiger partial charge in [-0.05, 0) is 17.7 Å². The van der Waals surface area contributed by atoms with E-state index >= 15 is 0 Å². The number of carbonyl (C=O) groups is 1. The van der Waals surface area contributed by atoms with Crippen LogP contribution in [-0.4, -0.2) is 21.0 Å². The standard InChI is InChI=1S/C9H9ClO3S/c1-14(12,13)9-6-7(4-5-11)2-3-8(9)10/h2-3,5-6H,4H2,1H3. The van der Waals surface area contributed by atoms with Gasteiger partial charge < -0.3 is 4.79 Å². The number of sulfone groups is 1. The minimum Gasteiger partial charge on any atom is -0.303 e. The maximum atomic E-state index is 11.2. The van der Waals surface area contributed by atoms with Crippen molar-refractivity contribution >= 4 is 27.7 Å². The van der Waals surface area contributed by atoms with Gasteiger partial charge in [0, 0.05) is 12.7 Å². The number of carbonyl (C=O) groups excluding carboxylic acids is 1. The summed E-state index contributed by atoms with van der Waals surface area (Å²) in [7, 11) is -3.32. The molecule has 0 spiro atoms. The van der Waals surface area contributed by atoms with E-state index in [1.54, 1.807) is 6.07 Å². The molecule has 0 unspecified atom stereocenters. The molecule has 0 aliphatic carbocycles. The molecule has 0 aliphatic rings. The van der Waals surface area contributed by atoms with Crippen molar-refractivity contribution in [3.63, 3.8) is 0 Å². The average Bonchev–Trinajstić information content (AvgIpc) is 2.07. The van der Waals surface area contributed by atoms with Gasteiger partial charge in [-0.2, -0.15) is 0 Å². The Balaban J connectivity index is 3.29. The van der Waals surface area contributed by atoms with Crippen LogP contribution in [0.4, 0.5) is 0 Å². The molecule has 14 heavy (non-hydrogen) atoms. The third kappa shape index (κ3) is 2.56. The van der Waals surface area contributed by atoms with Crippen LogP contribution < -0.4 is 0 Å². The Labute approximate surface area is 87.6 Å². The number of hydrogen-bond acceptors (Lipinski definition) is 3. The number of rotatable bonds is 3. The molecule has 0 bridgehead atoms. The van der Waals surface area contributed by atoms with Gasteiger partial charge in [0.1, 0.15) is 6.29 Å². The molecular weight excluding hydrogens is 224 g/mol. The van der Waals surface area contributed by atoms with Gasteiger partial charge in [0.25, 0.3) is 0 Å². The zero-order chi connectivity index (χ0) is 10.8. The molecule has 0 radical (unpaired) electrons. The summed E-state index contributed by atoms with van der Waals surface area (Å²) in [6.07, 6.45) is 1.99. The number of hydrogen-bond donors (Lipinski definition) is 0. The second-order valence-corrected chi connectivity index (χ2v) is 5.30. The fourth-order valence-corrected chi connectivity index (χ4v) is 2.38. The predicted octanol–water partition coefficient (Wildman–Crippen LogP) is 1.48. The molecule has 0 atom stereocenters. The topological polar surface area (TPSA) is 51.2 Å². The number of aldehydes is 1. The fraction of sp³-hybridized carbons (Fsp3) is 0.222. The SMILES string of the molecule is CS(=O)(=O)c1cc(CC=O)ccc1Cl. The maximum Gasteiger partial charge on any atom is 0.177 e. The molecule has 1 aromatic rings. The molecule has 0 N–H and O–H groups in total. The lowest BCUT2D eigenvalue weighted by molar-refractivity contribution is -0.107. The summed E-state index contributed by atoms with van der Waals surface area (Å²) >= 11 is 5.71. The molecule has 3 nitrogen and oxygen atoms in total. The summed E-state index contributed by atoms with van der Waals surface area (Å²) in [6.45, 7) is 0. The first kappa shape index (κ1) is 11.2. The molecule has 0 fully saturated rings. The molecule has 0 saturated carbocycles. The third-order valence-corrected chi connectivity index (χ3v) is 3.29. The van der Waals surface area contributed by atoms with Crippen molar-refractivity contribution in [2.75, 3.05) is 6.26 Å². The summed E-state index contributed by atoms with van der Waals surface area (Å²) < 4.78 is 22.5. The summed E-state index contributed by atoms with van der Waals surface area (Å²) in [5.74, 6) is 0. The highest BCUT2D eigenvalue weighted by Gasteiger charge is 2.12. The molecule has 0 saturated heterocycles. The minimum atomic E-state index is -3.32. The molecule has 1 rings (SSSR count). The monoisotopic (exact) mass is 232 g/mol. The van der Waals surface area contributed by atoms with Crippen LogP contribution in [0.2, 0.25) is 5.02 Å². The summed E-state index contributed by atoms with van der Waals surface area (Å²) in [4.78, 5) is 10.3. The maximum absolute atomic E-state index is 11.2. The van der Waals surface area contributed by atoms with Crippen LogP contribution in [-0.2, 0) is 21.1 Å². The molecule has 0 aliphatic heterocycles. The van der Waals surface area contributed by atoms with E-state index in [1.807, 2.05) is 0 Å². The van der Waals surface area contributed by atoms with Gasteiger partial charge in [0.05, 0.1) is 9.92 Å². The van der Waals surface area contributed by atoms with Gasteiger partial charge in [-0.1, -0.05) is 17.7 Å². The third-order valence-electron chi connectivity index (χ3n) is 1.71. The Bertz CT molecular complexity index is 451. The van der Waals surface area contributed by atoms with Crippen LogP contribution in [0.25, 0.3) is 0 Å². The van der Waals surface area contributed by atoms with Gasteiger partial charge in [-0.3, -0.25) is 0 Å². The summed E-state index contributed by atoms with van der Waals surface area (Å²) in [5.41, 5.74) is 0.643. The van der Waals surface area contributed by atoms with E-state index in [0.717, 1.165) is 12.5 Å². The summed E-state index contributed by atoms with van der Waals surface area (Å²) in [6, 6.07) is 4.54. The quantitative estimate of drug-likeness (QED) is 0.742. The Kier molecular flexibility index (Phi) is 3.29. The number of benzene rings is 1. The van der Waals surface area contributed by atoms with Crippen molar-refractivity contribution in [1.29, 1.82) is 0 Å². The van der Waals surface area contributed by atoms with Crippen LogP contribution in [0.3, 0.4) is 0 Å². The van der Waals surface area contributed by atoms with E-state index < -0.39 is 9.84 Å². The van der Waals surface area contributed by atoms with Crippen LogP contribution in [0, 0.1) is 0 Å². The normalized spacial score (nSPS) is 11.3. The van der Waals surface area contributed by atoms with Gasteiger partial charge in [0.2, 0.25) is 0 Å². The first-order valence-corrected chi connectivity index (χ1v) is 6.14. The van der Waals surface area contributed by atoms with Crippen molar-refractivity contribution in [3.8, 4) is 0 Å². The molecule has 76 valence electrons. The zero-order valence-electron chi connectivity index (χ0n) is 7.53. The highest BCUT2D eigenvalue weighted by atomic mass is 35.5. The Hall–Kier alpha value is -0.870. The fourth-order valence-electron chi connectivity index (χ4n) is 1.06. The second kappa shape index (κ2) is 4.11. The van der Waals surface area contributed by atoms with E-state index in [4.69, 9.17) is 11.6 Å². The number of halogens is 1. The summed E-state index contributed by atoms with van der Waals surface area (Å²) in [5, 5.41) is 0.183. The lowest BCUT2D eigenvalue weighted by Gasteiger charge is -2.03. The van der Waals surface area contributed by atoms with Crippen LogP contribution in [0.5, 0.6) is 0 Å². The Morgan fingerprint density at radius 1 is 1.43 bits per heavy atom. The molecule has 1 aromatic carbocycles. The largest absolute Gasteiger partial charge is 0.303 e. The molecule has 0 heterocycles. The van der Waals surface area contributed by atoms with Crippen molar-refractivity contribution in [1.82, 2.24) is 0 Å². The molecule has 0 amide bonds. The first-order chi connectivity index (χ1) is 6.45. The second-order valence-electron chi connectivity index (χ2n) is 2.91. The molecular formula is C9H9ClO3S. The van der Waals surface area contributed by atoms with E-state index in [-0.39, 0.29) is 16.3 Å². The van der Waals surface area contributed by atoms with Gasteiger partial charge in [-0.15, -0.1) is 0 Å². The van der Waals surface area contributed by atoms with Crippen LogP contribution in [0.1, 0.15) is 5.56 Å². The van der Waals surface area contributed by atoms with Gasteiger partial charge in [-0.25, -0.2) is 8.42 Å². The van der Waals surface area contributed by atoms with E-state index in [2.05, 4.69) is 0 Å². The molecule has 5 heteroatoms. The van der Waals surface area contributed by atoms with Crippen molar-refractivity contribution in [2.45, 2.75) is 11.3 Å². The zero-order valence-corrected chi connectivity index (χ0v) is 9.10. The van der Waals surface area contributed by atoms with Gasteiger partial charge >= 0.3 is 0 Å². The Morgan fingerprint density at radius 2 is 2.07 bits per heavy atom. The first-order valence-electron chi connectivity index (χ1n) is 3.87. The lowest BCUT2D eigenvalue weighted by atomic mass is 10.2. The van der Waals surface area contributed by atoms with Crippen LogP contribution >= 0.6 is 11.6 Å². The van der Waals surface area contributed by atoms with Crippen molar-refractivity contribution in [3.05, 3.63) is 28.8 Å². The minimum absolute atomic E-state index is 0.0681. The van der Waals surface area contributed by atoms with Crippen LogP contribution in [0.15, 0.2) is 23.1 Å². The predicted molar refractivity (Wildman–Crippen MR) is 54.3 cm³/mol. The Morgan fingerprint density at radius 3 is 2.57 bits per heavy atom. The smallest absolute Gasteiger partial charge is 0.177 e.